The zero-order valence-electron chi connectivity index (χ0n) is 13.2. The molecule has 1 fully saturated rings. The van der Waals surface area contributed by atoms with Crippen molar-refractivity contribution in [1.82, 2.24) is 5.32 Å². The highest BCUT2D eigenvalue weighted by Gasteiger charge is 2.27. The van der Waals surface area contributed by atoms with Gasteiger partial charge in [0, 0.05) is 6.04 Å². The SMILES string of the molecule is CCCNC(CC(C)CC)C1CCC(CC)CC1. The summed E-state index contributed by atoms with van der Waals surface area (Å²) in [4.78, 5) is 0. The van der Waals surface area contributed by atoms with Crippen molar-refractivity contribution >= 4 is 0 Å². The van der Waals surface area contributed by atoms with Crippen molar-refractivity contribution in [3.05, 3.63) is 0 Å². The maximum Gasteiger partial charge on any atom is 0.00978 e. The van der Waals surface area contributed by atoms with Crippen LogP contribution in [0.25, 0.3) is 0 Å². The molecule has 1 aliphatic rings. The van der Waals surface area contributed by atoms with Crippen molar-refractivity contribution in [3.63, 3.8) is 0 Å². The molecule has 0 saturated heterocycles. The van der Waals surface area contributed by atoms with Crippen LogP contribution in [0.1, 0.15) is 79.1 Å². The number of nitrogens with one attached hydrogen (secondary N) is 1. The van der Waals surface area contributed by atoms with Crippen LogP contribution < -0.4 is 5.32 Å². The molecule has 0 heterocycles. The summed E-state index contributed by atoms with van der Waals surface area (Å²) in [5, 5.41) is 3.84. The van der Waals surface area contributed by atoms with Crippen LogP contribution in [0, 0.1) is 17.8 Å². The summed E-state index contributed by atoms with van der Waals surface area (Å²) in [7, 11) is 0. The molecular formula is C17H35N. The fourth-order valence-electron chi connectivity index (χ4n) is 3.37. The van der Waals surface area contributed by atoms with E-state index in [-0.39, 0.29) is 0 Å². The molecule has 0 spiro atoms. The fraction of sp³-hybridized carbons (Fsp3) is 1.00. The van der Waals surface area contributed by atoms with Crippen molar-refractivity contribution < 1.29 is 0 Å². The zero-order chi connectivity index (χ0) is 13.4. The van der Waals surface area contributed by atoms with Crippen LogP contribution in [-0.2, 0) is 0 Å². The number of hydrogen-bond donors (Lipinski definition) is 1. The summed E-state index contributed by atoms with van der Waals surface area (Å²) in [6, 6.07) is 0.790. The molecular weight excluding hydrogens is 218 g/mol. The third-order valence-corrected chi connectivity index (χ3v) is 5.05. The standard InChI is InChI=1S/C17H35N/c1-5-12-18-17(13-14(4)6-2)16-10-8-15(7-3)9-11-16/h14-18H,5-13H2,1-4H3. The Morgan fingerprint density at radius 2 is 1.72 bits per heavy atom. The normalized spacial score (nSPS) is 28.0. The van der Waals surface area contributed by atoms with E-state index in [9.17, 15) is 0 Å². The summed E-state index contributed by atoms with van der Waals surface area (Å²) in [5.41, 5.74) is 0. The van der Waals surface area contributed by atoms with Crippen molar-refractivity contribution in [1.29, 1.82) is 0 Å². The Labute approximate surface area is 115 Å². The molecule has 0 bridgehead atoms. The predicted octanol–water partition coefficient (Wildman–Crippen LogP) is 5.01. The summed E-state index contributed by atoms with van der Waals surface area (Å²) < 4.78 is 0. The highest BCUT2D eigenvalue weighted by molar-refractivity contribution is 4.82. The Bertz CT molecular complexity index is 194. The van der Waals surface area contributed by atoms with Crippen molar-refractivity contribution in [2.24, 2.45) is 17.8 Å². The topological polar surface area (TPSA) is 12.0 Å². The molecule has 2 unspecified atom stereocenters. The lowest BCUT2D eigenvalue weighted by Crippen LogP contribution is -2.39. The second-order valence-corrected chi connectivity index (χ2v) is 6.50. The summed E-state index contributed by atoms with van der Waals surface area (Å²) in [6.45, 7) is 10.6. The van der Waals surface area contributed by atoms with Crippen LogP contribution in [0.15, 0.2) is 0 Å². The van der Waals surface area contributed by atoms with E-state index in [0.29, 0.717) is 0 Å². The van der Waals surface area contributed by atoms with Gasteiger partial charge in [-0.05, 0) is 50.0 Å². The quantitative estimate of drug-likeness (QED) is 0.641. The van der Waals surface area contributed by atoms with E-state index in [2.05, 4.69) is 33.0 Å². The number of rotatable bonds is 8. The molecule has 1 heteroatoms. The third kappa shape index (κ3) is 5.30. The van der Waals surface area contributed by atoms with E-state index in [1.54, 1.807) is 0 Å². The van der Waals surface area contributed by atoms with Gasteiger partial charge in [0.25, 0.3) is 0 Å². The minimum Gasteiger partial charge on any atom is -0.314 e. The van der Waals surface area contributed by atoms with Gasteiger partial charge in [-0.15, -0.1) is 0 Å². The average Bonchev–Trinajstić information content (AvgIpc) is 2.43. The lowest BCUT2D eigenvalue weighted by molar-refractivity contribution is 0.198. The first-order chi connectivity index (χ1) is 8.71. The molecule has 18 heavy (non-hydrogen) atoms. The van der Waals surface area contributed by atoms with Gasteiger partial charge in [0.2, 0.25) is 0 Å². The lowest BCUT2D eigenvalue weighted by atomic mass is 9.75. The Hall–Kier alpha value is -0.0400. The van der Waals surface area contributed by atoms with Crippen molar-refractivity contribution in [2.45, 2.75) is 85.1 Å². The lowest BCUT2D eigenvalue weighted by Gasteiger charge is -2.35. The number of hydrogen-bond acceptors (Lipinski definition) is 1. The molecule has 0 radical (unpaired) electrons. The molecule has 0 aromatic heterocycles. The smallest absolute Gasteiger partial charge is 0.00978 e. The highest BCUT2D eigenvalue weighted by atomic mass is 14.9. The van der Waals surface area contributed by atoms with Crippen LogP contribution in [0.5, 0.6) is 0 Å². The first kappa shape index (κ1) is 16.0. The van der Waals surface area contributed by atoms with Crippen LogP contribution in [0.3, 0.4) is 0 Å². The minimum absolute atomic E-state index is 0.790. The Morgan fingerprint density at radius 3 is 2.22 bits per heavy atom. The molecule has 1 saturated carbocycles. The molecule has 2 atom stereocenters. The zero-order valence-corrected chi connectivity index (χ0v) is 13.2. The minimum atomic E-state index is 0.790. The van der Waals surface area contributed by atoms with E-state index in [0.717, 1.165) is 23.8 Å². The van der Waals surface area contributed by atoms with Crippen molar-refractivity contribution in [2.75, 3.05) is 6.54 Å². The van der Waals surface area contributed by atoms with Crippen LogP contribution in [0.2, 0.25) is 0 Å². The average molecular weight is 253 g/mol. The van der Waals surface area contributed by atoms with Gasteiger partial charge in [-0.25, -0.2) is 0 Å². The molecule has 0 amide bonds. The van der Waals surface area contributed by atoms with E-state index in [1.807, 2.05) is 0 Å². The maximum absolute atomic E-state index is 3.84. The van der Waals surface area contributed by atoms with E-state index in [4.69, 9.17) is 0 Å². The van der Waals surface area contributed by atoms with Gasteiger partial charge in [-0.3, -0.25) is 0 Å². The van der Waals surface area contributed by atoms with Gasteiger partial charge in [-0.2, -0.15) is 0 Å². The predicted molar refractivity (Wildman–Crippen MR) is 81.9 cm³/mol. The Balaban J connectivity index is 2.43. The highest BCUT2D eigenvalue weighted by Crippen LogP contribution is 2.34. The first-order valence-corrected chi connectivity index (χ1v) is 8.44. The fourth-order valence-corrected chi connectivity index (χ4v) is 3.37. The van der Waals surface area contributed by atoms with Crippen LogP contribution in [0.4, 0.5) is 0 Å². The molecule has 0 aromatic rings. The second-order valence-electron chi connectivity index (χ2n) is 6.50. The third-order valence-electron chi connectivity index (χ3n) is 5.05. The monoisotopic (exact) mass is 253 g/mol. The summed E-state index contributed by atoms with van der Waals surface area (Å²) in [5.74, 6) is 2.85. The van der Waals surface area contributed by atoms with Gasteiger partial charge in [-0.1, -0.05) is 53.4 Å². The maximum atomic E-state index is 3.84. The Kier molecular flexibility index (Phi) is 7.97. The second kappa shape index (κ2) is 8.96. The van der Waals surface area contributed by atoms with Gasteiger partial charge >= 0.3 is 0 Å². The van der Waals surface area contributed by atoms with E-state index in [1.165, 1.54) is 57.9 Å². The van der Waals surface area contributed by atoms with E-state index < -0.39 is 0 Å². The van der Waals surface area contributed by atoms with Crippen LogP contribution >= 0.6 is 0 Å². The molecule has 1 rings (SSSR count). The summed E-state index contributed by atoms with van der Waals surface area (Å²) >= 11 is 0. The molecule has 108 valence electrons. The van der Waals surface area contributed by atoms with Crippen molar-refractivity contribution in [3.8, 4) is 0 Å². The van der Waals surface area contributed by atoms with Gasteiger partial charge in [0.05, 0.1) is 0 Å². The van der Waals surface area contributed by atoms with Crippen LogP contribution in [-0.4, -0.2) is 12.6 Å². The van der Waals surface area contributed by atoms with Gasteiger partial charge in [0.1, 0.15) is 0 Å². The van der Waals surface area contributed by atoms with Gasteiger partial charge in [0.15, 0.2) is 0 Å². The molecule has 1 aliphatic carbocycles. The molecule has 1 nitrogen and oxygen atoms in total. The largest absolute Gasteiger partial charge is 0.314 e. The first-order valence-electron chi connectivity index (χ1n) is 8.44. The molecule has 0 aliphatic heterocycles. The molecule has 0 aromatic carbocycles. The molecule has 1 N–H and O–H groups in total. The van der Waals surface area contributed by atoms with Gasteiger partial charge < -0.3 is 5.32 Å². The summed E-state index contributed by atoms with van der Waals surface area (Å²) in [6.07, 6.45) is 11.3. The Morgan fingerprint density at radius 1 is 1.06 bits per heavy atom. The van der Waals surface area contributed by atoms with E-state index >= 15 is 0 Å².